The van der Waals surface area contributed by atoms with Crippen LogP contribution in [0.25, 0.3) is 16.7 Å². The molecule has 0 unspecified atom stereocenters. The molecule has 0 radical (unpaired) electrons. The fourth-order valence-electron chi connectivity index (χ4n) is 4.60. The van der Waals surface area contributed by atoms with Crippen molar-refractivity contribution in [1.29, 1.82) is 0 Å². The number of hydrogen-bond donors (Lipinski definition) is 0. The summed E-state index contributed by atoms with van der Waals surface area (Å²) in [4.78, 5) is 0. The molecule has 0 nitrogen and oxygen atoms in total. The van der Waals surface area contributed by atoms with E-state index in [-0.39, 0.29) is 24.8 Å². The summed E-state index contributed by atoms with van der Waals surface area (Å²) in [7, 11) is 0. The topological polar surface area (TPSA) is 0 Å². The Morgan fingerprint density at radius 3 is 1.75 bits per heavy atom. The Kier molecular flexibility index (Phi) is 12.8. The van der Waals surface area contributed by atoms with Gasteiger partial charge in [0.25, 0.3) is 0 Å². The monoisotopic (exact) mass is 632 g/mol. The Bertz CT molecular complexity index is 1470. The van der Waals surface area contributed by atoms with E-state index in [4.69, 9.17) is 0 Å². The fraction of sp³-hybridized carbons (Fsp3) is 0.0541. The molecule has 2 aliphatic carbocycles. The van der Waals surface area contributed by atoms with E-state index >= 15 is 0 Å². The van der Waals surface area contributed by atoms with E-state index in [1.807, 2.05) is 12.1 Å². The van der Waals surface area contributed by atoms with Crippen molar-refractivity contribution in [2.75, 3.05) is 0 Å². The van der Waals surface area contributed by atoms with E-state index in [0.717, 1.165) is 12.8 Å². The molecular formula is C37H28Cl2Zr-2. The Morgan fingerprint density at radius 2 is 1.15 bits per heavy atom. The van der Waals surface area contributed by atoms with E-state index in [9.17, 15) is 0 Å². The van der Waals surface area contributed by atoms with Gasteiger partial charge in [-0.1, -0.05) is 65.7 Å². The molecule has 0 aliphatic heterocycles. The van der Waals surface area contributed by atoms with Crippen molar-refractivity contribution < 1.29 is 49.0 Å². The molecule has 196 valence electrons. The Labute approximate surface area is 265 Å². The average Bonchev–Trinajstić information content (AvgIpc) is 3.68. The van der Waals surface area contributed by atoms with Gasteiger partial charge >= 0.3 is 99.2 Å². The molecule has 0 fully saturated rings. The van der Waals surface area contributed by atoms with Crippen LogP contribution in [0.5, 0.6) is 0 Å². The van der Waals surface area contributed by atoms with Crippen molar-refractivity contribution in [1.82, 2.24) is 0 Å². The normalized spacial score (nSPS) is 11.6. The first-order chi connectivity index (χ1) is 18.8. The first-order valence-corrected chi connectivity index (χ1v) is 14.1. The minimum absolute atomic E-state index is 0. The van der Waals surface area contributed by atoms with Gasteiger partial charge in [0.05, 0.1) is 0 Å². The van der Waals surface area contributed by atoms with Gasteiger partial charge in [-0.05, 0) is 6.42 Å². The minimum Gasteiger partial charge on any atom is -0.179 e. The standard InChI is InChI=1S/C13H9.C13H10.C11H9.2ClH.Zr/c1-3-7-12-10(5-1)9-11-6-2-4-8-13(11)12;1-3-7-12(8-4-1)11-13-9-5-2-6-10-13;1-2-6-10(7-3-1)11-8-4-5-9-11;;;/h1-5,7-8H,9H2;1-10H;1-3,6-9H,4H2;2*1H;/q-1;;-1;;;+2/p-2. The maximum absolute atomic E-state index is 3.30. The molecule has 5 aromatic rings. The predicted molar refractivity (Wildman–Crippen MR) is 156 cm³/mol. The molecule has 0 spiro atoms. The molecule has 0 amide bonds. The summed E-state index contributed by atoms with van der Waals surface area (Å²) in [6.45, 7) is 0. The summed E-state index contributed by atoms with van der Waals surface area (Å²) in [6, 6.07) is 49.6. The Balaban J connectivity index is 0.000000162. The first-order valence-electron chi connectivity index (χ1n) is 12.9. The molecule has 0 atom stereocenters. The van der Waals surface area contributed by atoms with E-state index in [1.54, 1.807) is 0 Å². The van der Waals surface area contributed by atoms with E-state index in [2.05, 4.69) is 146 Å². The van der Waals surface area contributed by atoms with Crippen molar-refractivity contribution in [2.24, 2.45) is 0 Å². The van der Waals surface area contributed by atoms with Crippen molar-refractivity contribution in [3.63, 3.8) is 0 Å². The third-order valence-electron chi connectivity index (χ3n) is 6.55. The van der Waals surface area contributed by atoms with Crippen molar-refractivity contribution in [3.8, 4) is 11.1 Å². The summed E-state index contributed by atoms with van der Waals surface area (Å²) in [5.74, 6) is 0. The van der Waals surface area contributed by atoms with Crippen LogP contribution in [-0.2, 0) is 30.7 Å². The largest absolute Gasteiger partial charge is 0.179 e. The number of rotatable bonds is 3. The maximum atomic E-state index is 3.30. The van der Waals surface area contributed by atoms with Gasteiger partial charge in [-0.2, -0.15) is 41.5 Å². The van der Waals surface area contributed by atoms with Gasteiger partial charge in [-0.3, -0.25) is 6.08 Å². The molecule has 0 saturated carbocycles. The van der Waals surface area contributed by atoms with Crippen molar-refractivity contribution in [2.45, 2.75) is 12.8 Å². The zero-order valence-electron chi connectivity index (χ0n) is 22.0. The number of allylic oxidation sites excluding steroid dienone is 4. The van der Waals surface area contributed by atoms with Crippen molar-refractivity contribution in [3.05, 3.63) is 186 Å². The zero-order chi connectivity index (χ0) is 26.0. The quantitative estimate of drug-likeness (QED) is 0.263. The number of hydrogen-bond acceptors (Lipinski definition) is 0. The second kappa shape index (κ2) is 16.2. The van der Waals surface area contributed by atoms with Gasteiger partial charge < -0.3 is 24.8 Å². The van der Waals surface area contributed by atoms with Crippen LogP contribution in [-0.4, -0.2) is 3.21 Å². The Hall–Kier alpha value is -3.09. The van der Waals surface area contributed by atoms with E-state index < -0.39 is 0 Å². The maximum Gasteiger partial charge on any atom is -0.0253 e. The molecular weight excluding hydrogens is 607 g/mol. The summed E-state index contributed by atoms with van der Waals surface area (Å²) in [6.07, 6.45) is 9.40. The van der Waals surface area contributed by atoms with Gasteiger partial charge in [0.1, 0.15) is 0 Å². The second-order valence-electron chi connectivity index (χ2n) is 9.08. The molecule has 0 aromatic heterocycles. The third kappa shape index (κ3) is 8.21. The second-order valence-corrected chi connectivity index (χ2v) is 10.3. The molecule has 5 aromatic carbocycles. The van der Waals surface area contributed by atoms with Crippen LogP contribution in [0.1, 0.15) is 34.2 Å². The first kappa shape index (κ1) is 31.4. The number of halogens is 2. The minimum atomic E-state index is 0. The molecule has 0 N–H and O–H groups in total. The van der Waals surface area contributed by atoms with Crippen LogP contribution in [0.15, 0.2) is 146 Å². The zero-order valence-corrected chi connectivity index (χ0v) is 26.0. The van der Waals surface area contributed by atoms with Gasteiger partial charge in [-0.15, -0.1) is 17.5 Å². The summed E-state index contributed by atoms with van der Waals surface area (Å²) >= 11 is 1.46. The summed E-state index contributed by atoms with van der Waals surface area (Å²) in [5.41, 5.74) is 10.8. The summed E-state index contributed by atoms with van der Waals surface area (Å²) < 4.78 is 1.42. The SMILES string of the molecule is [C-]1=CC(c2ccccc2)=CC1.[Cl-].[Cl-].[Zr+2]=[C](c1ccccc1)c1ccccc1.[c-]1cccc2c1Cc1ccccc1-2. The van der Waals surface area contributed by atoms with Gasteiger partial charge in [-0.25, -0.2) is 6.08 Å². The Morgan fingerprint density at radius 1 is 0.600 bits per heavy atom. The predicted octanol–water partition coefficient (Wildman–Crippen LogP) is 2.70. The van der Waals surface area contributed by atoms with Gasteiger partial charge in [0.2, 0.25) is 0 Å². The molecule has 0 bridgehead atoms. The van der Waals surface area contributed by atoms with Crippen LogP contribution >= 0.6 is 0 Å². The molecule has 3 heteroatoms. The number of benzene rings is 5. The average molecular weight is 635 g/mol. The smallest absolute Gasteiger partial charge is 0.0253 e. The number of fused-ring (bicyclic) bond motifs is 3. The van der Waals surface area contributed by atoms with Crippen LogP contribution < -0.4 is 24.8 Å². The molecule has 0 heterocycles. The van der Waals surface area contributed by atoms with Crippen LogP contribution in [0.4, 0.5) is 0 Å². The molecule has 2 aliphatic rings. The van der Waals surface area contributed by atoms with E-state index in [0.29, 0.717) is 0 Å². The third-order valence-corrected chi connectivity index (χ3v) is 7.97. The van der Waals surface area contributed by atoms with E-state index in [1.165, 1.54) is 72.0 Å². The van der Waals surface area contributed by atoms with Crippen LogP contribution in [0.2, 0.25) is 0 Å². The van der Waals surface area contributed by atoms with Crippen LogP contribution in [0.3, 0.4) is 0 Å². The molecule has 40 heavy (non-hydrogen) atoms. The molecule has 0 saturated heterocycles. The fourth-order valence-corrected chi connectivity index (χ4v) is 5.42. The van der Waals surface area contributed by atoms with Gasteiger partial charge in [0.15, 0.2) is 0 Å². The van der Waals surface area contributed by atoms with Gasteiger partial charge in [0, 0.05) is 0 Å². The van der Waals surface area contributed by atoms with Crippen molar-refractivity contribution >= 4 is 8.78 Å². The molecule has 7 rings (SSSR count). The van der Waals surface area contributed by atoms with Crippen LogP contribution in [0, 0.1) is 12.1 Å². The summed E-state index contributed by atoms with van der Waals surface area (Å²) in [5, 5.41) is 0.